The van der Waals surface area contributed by atoms with Gasteiger partial charge in [-0.1, -0.05) is 13.3 Å². The molecule has 0 aromatic rings. The van der Waals surface area contributed by atoms with Gasteiger partial charge in [0, 0.05) is 5.41 Å². The lowest BCUT2D eigenvalue weighted by molar-refractivity contribution is -0.187. The molecule has 1 N–H and O–H groups in total. The van der Waals surface area contributed by atoms with E-state index < -0.39 is 11.4 Å². The molecular weight excluding hydrogens is 288 g/mol. The molecule has 0 amide bonds. The minimum absolute atomic E-state index is 0.169. The normalized spacial score (nSPS) is 62.9. The molecule has 5 aliphatic rings. The van der Waals surface area contributed by atoms with Crippen molar-refractivity contribution in [3.8, 4) is 0 Å². The maximum Gasteiger partial charge on any atom is 0.309 e. The SMILES string of the molecule is C[C@@]12CCC[C@@](C)(C(=O)O)[C@H]1CC[C@]13C[C@H](CC[C@@H]21)[C@@]1(C)O[C@H]31. The van der Waals surface area contributed by atoms with Gasteiger partial charge in [0.1, 0.15) is 0 Å². The molecule has 23 heavy (non-hydrogen) atoms. The number of aliphatic carboxylic acids is 1. The van der Waals surface area contributed by atoms with E-state index in [1.165, 1.54) is 32.1 Å². The molecule has 3 heteroatoms. The average Bonchev–Trinajstić information content (AvgIpc) is 3.16. The first kappa shape index (κ1) is 14.7. The number of hydrogen-bond acceptors (Lipinski definition) is 2. The fourth-order valence-electron chi connectivity index (χ4n) is 8.40. The molecule has 0 radical (unpaired) electrons. The Labute approximate surface area is 139 Å². The predicted molar refractivity (Wildman–Crippen MR) is 87.0 cm³/mol. The second-order valence-electron chi connectivity index (χ2n) is 10.1. The first-order valence-electron chi connectivity index (χ1n) is 9.69. The summed E-state index contributed by atoms with van der Waals surface area (Å²) in [4.78, 5) is 12.1. The third-order valence-corrected chi connectivity index (χ3v) is 9.45. The van der Waals surface area contributed by atoms with Gasteiger partial charge in [-0.2, -0.15) is 0 Å². The van der Waals surface area contributed by atoms with Crippen LogP contribution in [0.1, 0.15) is 72.1 Å². The largest absolute Gasteiger partial charge is 0.481 e. The van der Waals surface area contributed by atoms with E-state index in [0.717, 1.165) is 25.2 Å². The van der Waals surface area contributed by atoms with Crippen molar-refractivity contribution in [2.75, 3.05) is 0 Å². The summed E-state index contributed by atoms with van der Waals surface area (Å²) < 4.78 is 6.28. The molecule has 1 aliphatic heterocycles. The first-order chi connectivity index (χ1) is 10.8. The molecule has 3 nitrogen and oxygen atoms in total. The van der Waals surface area contributed by atoms with Crippen LogP contribution in [-0.4, -0.2) is 22.8 Å². The molecule has 0 aromatic heterocycles. The van der Waals surface area contributed by atoms with Gasteiger partial charge in [0.05, 0.1) is 17.1 Å². The molecule has 1 heterocycles. The molecule has 4 saturated carbocycles. The highest BCUT2D eigenvalue weighted by atomic mass is 16.6. The highest BCUT2D eigenvalue weighted by molar-refractivity contribution is 5.75. The van der Waals surface area contributed by atoms with Crippen LogP contribution in [0, 0.1) is 34.0 Å². The smallest absolute Gasteiger partial charge is 0.309 e. The van der Waals surface area contributed by atoms with E-state index >= 15 is 0 Å². The number of hydrogen-bond donors (Lipinski definition) is 1. The van der Waals surface area contributed by atoms with E-state index in [2.05, 4.69) is 13.8 Å². The van der Waals surface area contributed by atoms with Crippen LogP contribution < -0.4 is 0 Å². The lowest BCUT2D eigenvalue weighted by atomic mass is 9.40. The Balaban J connectivity index is 1.58. The molecule has 0 aromatic carbocycles. The lowest BCUT2D eigenvalue weighted by Gasteiger charge is -2.63. The van der Waals surface area contributed by atoms with E-state index in [1.807, 2.05) is 6.92 Å². The molecule has 8 atom stereocenters. The highest BCUT2D eigenvalue weighted by Crippen LogP contribution is 2.78. The number of epoxide rings is 1. The molecule has 5 rings (SSSR count). The van der Waals surface area contributed by atoms with Gasteiger partial charge >= 0.3 is 5.97 Å². The summed E-state index contributed by atoms with van der Waals surface area (Å²) in [5.41, 5.74) is 0.228. The molecule has 0 unspecified atom stereocenters. The van der Waals surface area contributed by atoms with Crippen LogP contribution in [0.2, 0.25) is 0 Å². The summed E-state index contributed by atoms with van der Waals surface area (Å²) in [6.45, 7) is 6.82. The summed E-state index contributed by atoms with van der Waals surface area (Å²) in [5.74, 6) is 1.23. The fraction of sp³-hybridized carbons (Fsp3) is 0.950. The minimum atomic E-state index is -0.558. The maximum absolute atomic E-state index is 12.1. The van der Waals surface area contributed by atoms with Crippen LogP contribution in [0.3, 0.4) is 0 Å². The molecule has 4 aliphatic carbocycles. The number of ether oxygens (including phenoxy) is 1. The van der Waals surface area contributed by atoms with E-state index in [-0.39, 0.29) is 11.0 Å². The van der Waals surface area contributed by atoms with Gasteiger partial charge in [0.2, 0.25) is 0 Å². The summed E-state index contributed by atoms with van der Waals surface area (Å²) in [6, 6.07) is 0. The monoisotopic (exact) mass is 318 g/mol. The highest BCUT2D eigenvalue weighted by Gasteiger charge is 2.79. The fourth-order valence-corrected chi connectivity index (χ4v) is 8.40. The predicted octanol–water partition coefficient (Wildman–Crippen LogP) is 4.25. The zero-order valence-corrected chi connectivity index (χ0v) is 14.7. The molecule has 2 bridgehead atoms. The van der Waals surface area contributed by atoms with E-state index in [1.54, 1.807) is 0 Å². The number of fused-ring (bicyclic) bond motifs is 5. The van der Waals surface area contributed by atoms with E-state index in [4.69, 9.17) is 4.74 Å². The average molecular weight is 318 g/mol. The van der Waals surface area contributed by atoms with E-state index in [9.17, 15) is 9.90 Å². The number of carboxylic acids is 1. The number of rotatable bonds is 1. The Morgan fingerprint density at radius 1 is 1.04 bits per heavy atom. The van der Waals surface area contributed by atoms with Crippen LogP contribution in [0.5, 0.6) is 0 Å². The molecular formula is C20H30O3. The van der Waals surface area contributed by atoms with Crippen molar-refractivity contribution in [1.82, 2.24) is 0 Å². The first-order valence-corrected chi connectivity index (χ1v) is 9.69. The molecule has 1 spiro atoms. The lowest BCUT2D eigenvalue weighted by Crippen LogP contribution is -2.59. The van der Waals surface area contributed by atoms with Gasteiger partial charge in [-0.3, -0.25) is 4.79 Å². The van der Waals surface area contributed by atoms with Gasteiger partial charge in [0.15, 0.2) is 0 Å². The summed E-state index contributed by atoms with van der Waals surface area (Å²) in [7, 11) is 0. The zero-order valence-electron chi connectivity index (χ0n) is 14.7. The number of carboxylic acid groups (broad SMARTS) is 1. The van der Waals surface area contributed by atoms with Crippen molar-refractivity contribution in [3.05, 3.63) is 0 Å². The standard InChI is InChI=1S/C20H30O3/c1-17-8-4-9-18(2,16(21)22)13(17)7-10-20-11-12(5-6-14(17)20)19(3)15(20)23-19/h12-15H,4-11H2,1-3H3,(H,21,22)/t12-,13-,14-,15-,17+,18+,19+,20-/m0/s1. The number of carbonyl (C=O) groups is 1. The second kappa shape index (κ2) is 3.98. The van der Waals surface area contributed by atoms with Crippen LogP contribution in [0.15, 0.2) is 0 Å². The Kier molecular flexibility index (Phi) is 2.55. The van der Waals surface area contributed by atoms with E-state index in [0.29, 0.717) is 23.4 Å². The molecule has 5 fully saturated rings. The third-order valence-electron chi connectivity index (χ3n) is 9.45. The van der Waals surface area contributed by atoms with Crippen LogP contribution >= 0.6 is 0 Å². The quantitative estimate of drug-likeness (QED) is 0.735. The third kappa shape index (κ3) is 1.46. The van der Waals surface area contributed by atoms with Crippen molar-refractivity contribution < 1.29 is 14.6 Å². The molecule has 128 valence electrons. The Morgan fingerprint density at radius 2 is 1.83 bits per heavy atom. The van der Waals surface area contributed by atoms with Crippen LogP contribution in [0.4, 0.5) is 0 Å². The summed E-state index contributed by atoms with van der Waals surface area (Å²) >= 11 is 0. The Bertz CT molecular complexity index is 587. The van der Waals surface area contributed by atoms with Crippen molar-refractivity contribution >= 4 is 5.97 Å². The Morgan fingerprint density at radius 3 is 2.57 bits per heavy atom. The Hall–Kier alpha value is -0.570. The van der Waals surface area contributed by atoms with Crippen LogP contribution in [0.25, 0.3) is 0 Å². The van der Waals surface area contributed by atoms with Gasteiger partial charge in [-0.15, -0.1) is 0 Å². The van der Waals surface area contributed by atoms with Gasteiger partial charge in [-0.25, -0.2) is 0 Å². The minimum Gasteiger partial charge on any atom is -0.481 e. The zero-order chi connectivity index (χ0) is 16.3. The molecule has 1 saturated heterocycles. The van der Waals surface area contributed by atoms with Crippen molar-refractivity contribution in [1.29, 1.82) is 0 Å². The van der Waals surface area contributed by atoms with Gasteiger partial charge in [0.25, 0.3) is 0 Å². The van der Waals surface area contributed by atoms with Crippen molar-refractivity contribution in [2.24, 2.45) is 34.0 Å². The van der Waals surface area contributed by atoms with Gasteiger partial charge < -0.3 is 9.84 Å². The van der Waals surface area contributed by atoms with Crippen LogP contribution in [-0.2, 0) is 9.53 Å². The topological polar surface area (TPSA) is 49.8 Å². The summed E-state index contributed by atoms with van der Waals surface area (Å²) in [5, 5.41) is 9.95. The summed E-state index contributed by atoms with van der Waals surface area (Å²) in [6.07, 6.45) is 9.90. The maximum atomic E-state index is 12.1. The van der Waals surface area contributed by atoms with Gasteiger partial charge in [-0.05, 0) is 82.0 Å². The second-order valence-corrected chi connectivity index (χ2v) is 10.1. The van der Waals surface area contributed by atoms with Crippen molar-refractivity contribution in [2.45, 2.75) is 83.8 Å². The van der Waals surface area contributed by atoms with Crippen molar-refractivity contribution in [3.63, 3.8) is 0 Å².